The molecule has 0 aliphatic carbocycles. The predicted octanol–water partition coefficient (Wildman–Crippen LogP) is 3.99. The van der Waals surface area contributed by atoms with Gasteiger partial charge in [-0.25, -0.2) is 4.98 Å². The largest absolute Gasteiger partial charge is 0.477 e. The lowest BCUT2D eigenvalue weighted by Crippen LogP contribution is -2.05. The molecule has 0 spiro atoms. The van der Waals surface area contributed by atoms with Crippen molar-refractivity contribution < 1.29 is 4.74 Å². The zero-order chi connectivity index (χ0) is 14.5. The molecule has 0 amide bonds. The van der Waals surface area contributed by atoms with Gasteiger partial charge in [0.2, 0.25) is 5.88 Å². The van der Waals surface area contributed by atoms with E-state index < -0.39 is 0 Å². The van der Waals surface area contributed by atoms with Crippen LogP contribution < -0.4 is 4.74 Å². The highest BCUT2D eigenvalue weighted by molar-refractivity contribution is 6.17. The van der Waals surface area contributed by atoms with Gasteiger partial charge >= 0.3 is 0 Å². The smallest absolute Gasteiger partial charge is 0.221 e. The molecule has 0 aliphatic rings. The molecule has 3 aromatic rings. The molecule has 0 unspecified atom stereocenters. The first-order valence-electron chi connectivity index (χ1n) is 6.84. The molecule has 2 heterocycles. The van der Waals surface area contributed by atoms with Crippen LogP contribution in [0.1, 0.15) is 11.4 Å². The minimum Gasteiger partial charge on any atom is -0.477 e. The van der Waals surface area contributed by atoms with Gasteiger partial charge in [-0.2, -0.15) is 0 Å². The minimum absolute atomic E-state index is 0.376. The number of aromatic nitrogens is 2. The number of rotatable bonds is 5. The standard InChI is InChI=1S/C17H15ClN2O/c18-12-15-11-13-5-1-2-7-16(13)17(20-15)21-10-8-14-6-3-4-9-19-14/h1-7,9,11H,8,10,12H2. The van der Waals surface area contributed by atoms with Crippen LogP contribution in [0.25, 0.3) is 10.8 Å². The summed E-state index contributed by atoms with van der Waals surface area (Å²) >= 11 is 5.90. The molecule has 0 saturated heterocycles. The molecule has 0 saturated carbocycles. The molecule has 21 heavy (non-hydrogen) atoms. The van der Waals surface area contributed by atoms with Crippen molar-refractivity contribution in [3.63, 3.8) is 0 Å². The Kier molecular flexibility index (Phi) is 4.31. The second-order valence-electron chi connectivity index (χ2n) is 4.69. The number of pyridine rings is 2. The van der Waals surface area contributed by atoms with Crippen LogP contribution in [-0.2, 0) is 12.3 Å². The highest BCUT2D eigenvalue weighted by Crippen LogP contribution is 2.25. The van der Waals surface area contributed by atoms with E-state index in [1.165, 1.54) is 0 Å². The summed E-state index contributed by atoms with van der Waals surface area (Å²) in [7, 11) is 0. The summed E-state index contributed by atoms with van der Waals surface area (Å²) in [6.07, 6.45) is 2.54. The summed E-state index contributed by atoms with van der Waals surface area (Å²) in [5, 5.41) is 2.10. The molecule has 1 aromatic carbocycles. The van der Waals surface area contributed by atoms with Crippen LogP contribution in [0, 0.1) is 0 Å². The first-order valence-corrected chi connectivity index (χ1v) is 7.37. The van der Waals surface area contributed by atoms with Gasteiger partial charge in [0.05, 0.1) is 18.2 Å². The molecule has 3 nitrogen and oxygen atoms in total. The number of halogens is 1. The molecule has 106 valence electrons. The maximum atomic E-state index is 5.90. The Morgan fingerprint density at radius 3 is 2.67 bits per heavy atom. The number of fused-ring (bicyclic) bond motifs is 1. The third-order valence-electron chi connectivity index (χ3n) is 3.22. The predicted molar refractivity (Wildman–Crippen MR) is 84.7 cm³/mol. The number of ether oxygens (including phenoxy) is 1. The van der Waals surface area contributed by atoms with E-state index in [9.17, 15) is 0 Å². The van der Waals surface area contributed by atoms with E-state index in [0.717, 1.165) is 28.6 Å². The van der Waals surface area contributed by atoms with Gasteiger partial charge in [-0.15, -0.1) is 11.6 Å². The fourth-order valence-electron chi connectivity index (χ4n) is 2.20. The maximum absolute atomic E-state index is 5.90. The first kappa shape index (κ1) is 13.8. The summed E-state index contributed by atoms with van der Waals surface area (Å²) in [6, 6.07) is 15.9. The lowest BCUT2D eigenvalue weighted by Gasteiger charge is -2.10. The topological polar surface area (TPSA) is 35.0 Å². The van der Waals surface area contributed by atoms with E-state index in [2.05, 4.69) is 9.97 Å². The van der Waals surface area contributed by atoms with Crippen LogP contribution in [0.3, 0.4) is 0 Å². The molecule has 2 aromatic heterocycles. The molecular formula is C17H15ClN2O. The van der Waals surface area contributed by atoms with Crippen molar-refractivity contribution in [2.24, 2.45) is 0 Å². The van der Waals surface area contributed by atoms with E-state index in [4.69, 9.17) is 16.3 Å². The summed E-state index contributed by atoms with van der Waals surface area (Å²) < 4.78 is 5.86. The van der Waals surface area contributed by atoms with Crippen LogP contribution in [0.5, 0.6) is 5.88 Å². The number of hydrogen-bond acceptors (Lipinski definition) is 3. The van der Waals surface area contributed by atoms with Gasteiger partial charge in [-0.05, 0) is 29.7 Å². The number of hydrogen-bond donors (Lipinski definition) is 0. The molecule has 0 N–H and O–H groups in total. The molecule has 0 atom stereocenters. The van der Waals surface area contributed by atoms with Crippen LogP contribution in [-0.4, -0.2) is 16.6 Å². The van der Waals surface area contributed by atoms with E-state index >= 15 is 0 Å². The van der Waals surface area contributed by atoms with Gasteiger partial charge in [0.15, 0.2) is 0 Å². The zero-order valence-electron chi connectivity index (χ0n) is 11.5. The monoisotopic (exact) mass is 298 g/mol. The number of benzene rings is 1. The van der Waals surface area contributed by atoms with Crippen molar-refractivity contribution in [1.29, 1.82) is 0 Å². The Morgan fingerprint density at radius 1 is 1.00 bits per heavy atom. The van der Waals surface area contributed by atoms with Crippen LogP contribution in [0.15, 0.2) is 54.7 Å². The molecule has 0 aliphatic heterocycles. The Balaban J connectivity index is 1.79. The number of nitrogens with zero attached hydrogens (tertiary/aromatic N) is 2. The van der Waals surface area contributed by atoms with Crippen LogP contribution in [0.4, 0.5) is 0 Å². The zero-order valence-corrected chi connectivity index (χ0v) is 12.3. The van der Waals surface area contributed by atoms with Crippen molar-refractivity contribution in [3.05, 3.63) is 66.1 Å². The number of alkyl halides is 1. The van der Waals surface area contributed by atoms with Gasteiger partial charge in [0, 0.05) is 23.7 Å². The second-order valence-corrected chi connectivity index (χ2v) is 4.96. The van der Waals surface area contributed by atoms with E-state index in [1.807, 2.05) is 48.5 Å². The molecular weight excluding hydrogens is 284 g/mol. The fraction of sp³-hybridized carbons (Fsp3) is 0.176. The summed E-state index contributed by atoms with van der Waals surface area (Å²) in [4.78, 5) is 8.76. The van der Waals surface area contributed by atoms with Crippen molar-refractivity contribution in [2.45, 2.75) is 12.3 Å². The summed E-state index contributed by atoms with van der Waals surface area (Å²) in [5.74, 6) is 1.02. The van der Waals surface area contributed by atoms with Crippen molar-refractivity contribution in [1.82, 2.24) is 9.97 Å². The van der Waals surface area contributed by atoms with Crippen LogP contribution >= 0.6 is 11.6 Å². The van der Waals surface area contributed by atoms with Gasteiger partial charge in [-0.3, -0.25) is 4.98 Å². The molecule has 3 rings (SSSR count). The Hall–Kier alpha value is -2.13. The lowest BCUT2D eigenvalue weighted by atomic mass is 10.1. The molecule has 4 heteroatoms. The summed E-state index contributed by atoms with van der Waals surface area (Å²) in [5.41, 5.74) is 1.83. The minimum atomic E-state index is 0.376. The van der Waals surface area contributed by atoms with E-state index in [1.54, 1.807) is 6.20 Å². The second kappa shape index (κ2) is 6.55. The normalized spacial score (nSPS) is 10.7. The van der Waals surface area contributed by atoms with Crippen molar-refractivity contribution in [3.8, 4) is 5.88 Å². The van der Waals surface area contributed by atoms with E-state index in [-0.39, 0.29) is 0 Å². The van der Waals surface area contributed by atoms with Gasteiger partial charge < -0.3 is 4.74 Å². The highest BCUT2D eigenvalue weighted by atomic mass is 35.5. The Labute approximate surface area is 128 Å². The highest BCUT2D eigenvalue weighted by Gasteiger charge is 2.07. The quantitative estimate of drug-likeness (QED) is 0.668. The Morgan fingerprint density at radius 2 is 1.86 bits per heavy atom. The lowest BCUT2D eigenvalue weighted by molar-refractivity contribution is 0.312. The van der Waals surface area contributed by atoms with Gasteiger partial charge in [0.1, 0.15) is 0 Å². The van der Waals surface area contributed by atoms with Crippen LogP contribution in [0.2, 0.25) is 0 Å². The molecule has 0 radical (unpaired) electrons. The maximum Gasteiger partial charge on any atom is 0.221 e. The van der Waals surface area contributed by atoms with Crippen molar-refractivity contribution >= 4 is 22.4 Å². The summed E-state index contributed by atoms with van der Waals surface area (Å²) in [6.45, 7) is 0.541. The fourth-order valence-corrected chi connectivity index (χ4v) is 2.33. The Bertz CT molecular complexity index is 731. The SMILES string of the molecule is ClCc1cc2ccccc2c(OCCc2ccccn2)n1. The molecule has 0 fully saturated rings. The van der Waals surface area contributed by atoms with Crippen molar-refractivity contribution in [2.75, 3.05) is 6.61 Å². The molecule has 0 bridgehead atoms. The third kappa shape index (κ3) is 3.31. The first-order chi connectivity index (χ1) is 10.4. The average molecular weight is 299 g/mol. The van der Waals surface area contributed by atoms with Gasteiger partial charge in [0.25, 0.3) is 0 Å². The van der Waals surface area contributed by atoms with E-state index in [0.29, 0.717) is 18.4 Å². The van der Waals surface area contributed by atoms with Gasteiger partial charge in [-0.1, -0.05) is 24.3 Å². The average Bonchev–Trinajstić information content (AvgIpc) is 2.55. The third-order valence-corrected chi connectivity index (χ3v) is 3.49.